The number of halogens is 5. The zero-order valence-corrected chi connectivity index (χ0v) is 25.6. The van der Waals surface area contributed by atoms with Crippen molar-refractivity contribution in [2.45, 2.75) is 68.8 Å². The molecule has 8 nitrogen and oxygen atoms in total. The minimum absolute atomic E-state index is 0.0396. The molecule has 1 amide bonds. The predicted octanol–water partition coefficient (Wildman–Crippen LogP) is 5.22. The fourth-order valence-corrected chi connectivity index (χ4v) is 7.25. The SMILES string of the molecule is CN(C)[C@H]1CN(C(=O)C2CCc3c(C4=CCC(C(=O)O)=CC4)nn(C(=O)c4c(Cl)cccc4C4(C(F)(F)F)CC4)c3C2)C[C@@H]1F. The predicted molar refractivity (Wildman–Crippen MR) is 158 cm³/mol. The third-order valence-corrected chi connectivity index (χ3v) is 10.1. The van der Waals surface area contributed by atoms with Gasteiger partial charge in [0.2, 0.25) is 5.91 Å². The molecule has 1 saturated carbocycles. The van der Waals surface area contributed by atoms with Crippen molar-refractivity contribution in [3.63, 3.8) is 0 Å². The standard InChI is InChI=1S/C32H33ClF4N4O4/c1-39(2)25-16-40(15-23(25)34)28(42)19-10-11-20-24(14-19)41(38-27(20)17-6-8-18(9-7-17)30(44)45)29(43)26-21(4-3-5-22(26)33)31(12-13-31)32(35,36)37/h3-6,9,19,23,25H,7-8,10-16H2,1-2H3,(H,44,45)/t19?,23-,25-/m0/s1. The van der Waals surface area contributed by atoms with Gasteiger partial charge in [0, 0.05) is 30.0 Å². The summed E-state index contributed by atoms with van der Waals surface area (Å²) in [5.74, 6) is -2.69. The molecule has 6 rings (SSSR count). The molecule has 1 aromatic carbocycles. The van der Waals surface area contributed by atoms with Crippen molar-refractivity contribution in [1.29, 1.82) is 0 Å². The van der Waals surface area contributed by atoms with E-state index >= 15 is 0 Å². The van der Waals surface area contributed by atoms with E-state index in [1.54, 1.807) is 31.1 Å². The van der Waals surface area contributed by atoms with Gasteiger partial charge in [0.15, 0.2) is 0 Å². The summed E-state index contributed by atoms with van der Waals surface area (Å²) in [6.07, 6.45) is -1.57. The molecule has 1 saturated heterocycles. The first-order chi connectivity index (χ1) is 21.2. The number of carbonyl (C=O) groups excluding carboxylic acids is 2. The van der Waals surface area contributed by atoms with E-state index in [9.17, 15) is 37.1 Å². The maximum atomic E-state index is 14.7. The molecule has 13 heteroatoms. The van der Waals surface area contributed by atoms with Gasteiger partial charge in [-0.25, -0.2) is 9.18 Å². The largest absolute Gasteiger partial charge is 0.478 e. The Kier molecular flexibility index (Phi) is 7.96. The molecule has 1 N–H and O–H groups in total. The molecule has 2 aromatic rings. The monoisotopic (exact) mass is 648 g/mol. The van der Waals surface area contributed by atoms with E-state index in [1.807, 2.05) is 0 Å². The fraction of sp³-hybridized carbons (Fsp3) is 0.500. The van der Waals surface area contributed by atoms with Gasteiger partial charge >= 0.3 is 12.1 Å². The van der Waals surface area contributed by atoms with Crippen LogP contribution in [-0.2, 0) is 27.8 Å². The summed E-state index contributed by atoms with van der Waals surface area (Å²) < 4.78 is 58.6. The van der Waals surface area contributed by atoms with Gasteiger partial charge in [-0.05, 0) is 69.8 Å². The number of carboxylic acids is 1. The molecule has 3 atom stereocenters. The summed E-state index contributed by atoms with van der Waals surface area (Å²) in [7, 11) is 3.51. The molecule has 2 fully saturated rings. The second-order valence-corrected chi connectivity index (χ2v) is 13.0. The Bertz CT molecular complexity index is 1640. The highest BCUT2D eigenvalue weighted by atomic mass is 35.5. The second-order valence-electron chi connectivity index (χ2n) is 12.6. The van der Waals surface area contributed by atoms with Gasteiger partial charge < -0.3 is 14.9 Å². The Morgan fingerprint density at radius 2 is 1.84 bits per heavy atom. The minimum atomic E-state index is -4.59. The molecule has 0 bridgehead atoms. The maximum Gasteiger partial charge on any atom is 0.398 e. The van der Waals surface area contributed by atoms with Gasteiger partial charge in [-0.3, -0.25) is 9.59 Å². The first kappa shape index (κ1) is 31.5. The second kappa shape index (κ2) is 11.4. The van der Waals surface area contributed by atoms with Crippen LogP contribution in [0.3, 0.4) is 0 Å². The minimum Gasteiger partial charge on any atom is -0.478 e. The number of benzene rings is 1. The molecule has 1 unspecified atom stereocenters. The van der Waals surface area contributed by atoms with Crippen LogP contribution in [0.25, 0.3) is 5.57 Å². The van der Waals surface area contributed by atoms with Crippen molar-refractivity contribution in [1.82, 2.24) is 19.6 Å². The molecule has 0 radical (unpaired) electrons. The van der Waals surface area contributed by atoms with Gasteiger partial charge in [-0.2, -0.15) is 23.0 Å². The number of carbonyl (C=O) groups is 3. The van der Waals surface area contributed by atoms with E-state index in [0.717, 1.165) is 4.68 Å². The highest BCUT2D eigenvalue weighted by Crippen LogP contribution is 2.60. The average Bonchev–Trinajstić information content (AvgIpc) is 3.61. The Hall–Kier alpha value is -3.51. The van der Waals surface area contributed by atoms with Crippen LogP contribution in [0, 0.1) is 5.92 Å². The normalized spacial score (nSPS) is 24.3. The van der Waals surface area contributed by atoms with Crippen LogP contribution in [0.5, 0.6) is 0 Å². The summed E-state index contributed by atoms with van der Waals surface area (Å²) in [5, 5.41) is 13.9. The lowest BCUT2D eigenvalue weighted by atomic mass is 9.83. The Balaban J connectivity index is 1.40. The third kappa shape index (κ3) is 5.39. The number of allylic oxidation sites excluding steroid dienone is 3. The number of amides is 1. The number of fused-ring (bicyclic) bond motifs is 1. The molecule has 0 spiro atoms. The van der Waals surface area contributed by atoms with E-state index < -0.39 is 41.6 Å². The van der Waals surface area contributed by atoms with Crippen LogP contribution in [0.15, 0.2) is 35.9 Å². The lowest BCUT2D eigenvalue weighted by Gasteiger charge is -2.28. The summed E-state index contributed by atoms with van der Waals surface area (Å²) in [5.41, 5.74) is -0.203. The number of alkyl halides is 4. The van der Waals surface area contributed by atoms with Crippen molar-refractivity contribution < 1.29 is 37.1 Å². The summed E-state index contributed by atoms with van der Waals surface area (Å²) in [4.78, 5) is 42.6. The van der Waals surface area contributed by atoms with Crippen LogP contribution < -0.4 is 0 Å². The van der Waals surface area contributed by atoms with E-state index in [4.69, 9.17) is 11.6 Å². The van der Waals surface area contributed by atoms with E-state index in [1.165, 1.54) is 23.1 Å². The van der Waals surface area contributed by atoms with Crippen molar-refractivity contribution in [2.75, 3.05) is 27.2 Å². The smallest absolute Gasteiger partial charge is 0.398 e. The van der Waals surface area contributed by atoms with Crippen LogP contribution in [0.1, 0.15) is 65.0 Å². The first-order valence-corrected chi connectivity index (χ1v) is 15.3. The molecule has 4 aliphatic rings. The molecule has 1 aromatic heterocycles. The van der Waals surface area contributed by atoms with Crippen molar-refractivity contribution in [3.8, 4) is 0 Å². The number of likely N-dealkylation sites (tertiary alicyclic amines) is 1. The summed E-state index contributed by atoms with van der Waals surface area (Å²) >= 11 is 6.46. The fourth-order valence-electron chi connectivity index (χ4n) is 7.00. The number of carboxylic acid groups (broad SMARTS) is 1. The van der Waals surface area contributed by atoms with Crippen molar-refractivity contribution in [2.24, 2.45) is 5.92 Å². The van der Waals surface area contributed by atoms with Gasteiger partial charge in [-0.1, -0.05) is 35.9 Å². The molecule has 45 heavy (non-hydrogen) atoms. The maximum absolute atomic E-state index is 14.7. The molecule has 2 heterocycles. The highest BCUT2D eigenvalue weighted by Gasteiger charge is 2.65. The lowest BCUT2D eigenvalue weighted by Crippen LogP contribution is -2.40. The average molecular weight is 649 g/mol. The Labute approximate surface area is 262 Å². The molecular weight excluding hydrogens is 616 g/mol. The number of hydrogen-bond acceptors (Lipinski definition) is 5. The number of likely N-dealkylation sites (N-methyl/N-ethyl adjacent to an activating group) is 1. The Morgan fingerprint density at radius 1 is 1.11 bits per heavy atom. The zero-order valence-electron chi connectivity index (χ0n) is 24.8. The number of hydrogen-bond donors (Lipinski definition) is 1. The molecule has 1 aliphatic heterocycles. The van der Waals surface area contributed by atoms with Gasteiger partial charge in [0.1, 0.15) is 6.17 Å². The number of nitrogens with zero attached hydrogens (tertiary/aromatic N) is 4. The number of aromatic nitrogens is 2. The first-order valence-electron chi connectivity index (χ1n) is 15.0. The van der Waals surface area contributed by atoms with E-state index in [-0.39, 0.29) is 72.8 Å². The van der Waals surface area contributed by atoms with E-state index in [2.05, 4.69) is 5.10 Å². The van der Waals surface area contributed by atoms with Crippen LogP contribution >= 0.6 is 11.6 Å². The zero-order chi connectivity index (χ0) is 32.4. The third-order valence-electron chi connectivity index (χ3n) is 9.76. The lowest BCUT2D eigenvalue weighted by molar-refractivity contribution is -0.160. The van der Waals surface area contributed by atoms with Crippen molar-refractivity contribution >= 4 is 35.0 Å². The van der Waals surface area contributed by atoms with Gasteiger partial charge in [0.05, 0.1) is 40.0 Å². The summed E-state index contributed by atoms with van der Waals surface area (Å²) in [6.45, 7) is 0.190. The van der Waals surface area contributed by atoms with Crippen LogP contribution in [0.2, 0.25) is 5.02 Å². The van der Waals surface area contributed by atoms with Gasteiger partial charge in [-0.15, -0.1) is 0 Å². The van der Waals surface area contributed by atoms with Crippen molar-refractivity contribution in [3.05, 3.63) is 69.0 Å². The Morgan fingerprint density at radius 3 is 2.42 bits per heavy atom. The molecular formula is C32H33ClF4N4O4. The number of rotatable bonds is 6. The van der Waals surface area contributed by atoms with Gasteiger partial charge in [0.25, 0.3) is 5.91 Å². The van der Waals surface area contributed by atoms with E-state index in [0.29, 0.717) is 35.4 Å². The molecule has 3 aliphatic carbocycles. The quantitative estimate of drug-likeness (QED) is 0.432. The topological polar surface area (TPSA) is 95.7 Å². The highest BCUT2D eigenvalue weighted by molar-refractivity contribution is 6.34. The summed E-state index contributed by atoms with van der Waals surface area (Å²) in [6, 6.07) is 3.62. The molecule has 240 valence electrons. The number of aliphatic carboxylic acids is 1. The van der Waals surface area contributed by atoms with Crippen LogP contribution in [-0.4, -0.2) is 88.0 Å². The van der Waals surface area contributed by atoms with Crippen LogP contribution in [0.4, 0.5) is 17.6 Å².